The van der Waals surface area contributed by atoms with E-state index >= 15 is 0 Å². The van der Waals surface area contributed by atoms with Gasteiger partial charge in [0, 0.05) is 6.54 Å². The van der Waals surface area contributed by atoms with E-state index in [1.54, 1.807) is 6.92 Å². The van der Waals surface area contributed by atoms with Crippen molar-refractivity contribution in [2.75, 3.05) is 6.54 Å². The van der Waals surface area contributed by atoms with Crippen LogP contribution in [0.3, 0.4) is 0 Å². The van der Waals surface area contributed by atoms with E-state index in [1.807, 2.05) is 42.5 Å². The van der Waals surface area contributed by atoms with Gasteiger partial charge in [0.05, 0.1) is 0 Å². The maximum atomic E-state index is 12.2. The van der Waals surface area contributed by atoms with Crippen LogP contribution in [0.5, 0.6) is 5.75 Å². The van der Waals surface area contributed by atoms with Gasteiger partial charge in [0.1, 0.15) is 5.75 Å². The zero-order chi connectivity index (χ0) is 16.7. The van der Waals surface area contributed by atoms with Gasteiger partial charge >= 0.3 is 0 Å². The number of para-hydroxylation sites is 1. The van der Waals surface area contributed by atoms with Gasteiger partial charge in [0.2, 0.25) is 0 Å². The summed E-state index contributed by atoms with van der Waals surface area (Å²) in [6.45, 7) is 6.64. The molecule has 3 nitrogen and oxygen atoms in total. The summed E-state index contributed by atoms with van der Waals surface area (Å²) in [4.78, 5) is 12.2. The normalized spacial score (nSPS) is 12.0. The first-order valence-corrected chi connectivity index (χ1v) is 8.15. The van der Waals surface area contributed by atoms with E-state index in [9.17, 15) is 4.79 Å². The second-order valence-electron chi connectivity index (χ2n) is 5.98. The molecule has 1 N–H and O–H groups in total. The molecule has 2 rings (SSSR count). The van der Waals surface area contributed by atoms with Crippen molar-refractivity contribution in [3.8, 4) is 5.75 Å². The number of carbonyl (C=O) groups excluding carboxylic acids is 1. The van der Waals surface area contributed by atoms with Crippen LogP contribution in [0.2, 0.25) is 0 Å². The third-order valence-electron chi connectivity index (χ3n) is 3.77. The zero-order valence-corrected chi connectivity index (χ0v) is 14.1. The lowest BCUT2D eigenvalue weighted by atomic mass is 10.0. The first kappa shape index (κ1) is 17.1. The molecule has 0 unspecified atom stereocenters. The van der Waals surface area contributed by atoms with Gasteiger partial charge in [-0.25, -0.2) is 0 Å². The van der Waals surface area contributed by atoms with Crippen molar-refractivity contribution in [2.45, 2.75) is 39.2 Å². The zero-order valence-electron chi connectivity index (χ0n) is 14.1. The van der Waals surface area contributed by atoms with Crippen molar-refractivity contribution in [3.63, 3.8) is 0 Å². The topological polar surface area (TPSA) is 38.3 Å². The Balaban J connectivity index is 1.86. The highest BCUT2D eigenvalue weighted by Crippen LogP contribution is 2.26. The minimum atomic E-state index is -0.509. The molecule has 2 aromatic carbocycles. The fourth-order valence-corrected chi connectivity index (χ4v) is 2.43. The molecule has 0 aliphatic carbocycles. The second-order valence-corrected chi connectivity index (χ2v) is 5.98. The molecule has 0 spiro atoms. The quantitative estimate of drug-likeness (QED) is 0.841. The molecule has 0 heterocycles. The molecule has 1 amide bonds. The molecule has 0 saturated heterocycles. The van der Waals surface area contributed by atoms with Crippen LogP contribution < -0.4 is 10.1 Å². The monoisotopic (exact) mass is 311 g/mol. The summed E-state index contributed by atoms with van der Waals surface area (Å²) in [6, 6.07) is 18.0. The summed E-state index contributed by atoms with van der Waals surface area (Å²) in [7, 11) is 0. The van der Waals surface area contributed by atoms with Crippen molar-refractivity contribution in [1.82, 2.24) is 5.32 Å². The van der Waals surface area contributed by atoms with Crippen LogP contribution in [-0.2, 0) is 11.2 Å². The molecule has 23 heavy (non-hydrogen) atoms. The van der Waals surface area contributed by atoms with Crippen LogP contribution in [0.4, 0.5) is 0 Å². The van der Waals surface area contributed by atoms with E-state index in [1.165, 1.54) is 5.56 Å². The van der Waals surface area contributed by atoms with E-state index in [-0.39, 0.29) is 5.91 Å². The molecule has 3 heteroatoms. The number of hydrogen-bond acceptors (Lipinski definition) is 2. The fraction of sp³-hybridized carbons (Fsp3) is 0.350. The molecular weight excluding hydrogens is 286 g/mol. The first-order chi connectivity index (χ1) is 11.1. The highest BCUT2D eigenvalue weighted by atomic mass is 16.5. The van der Waals surface area contributed by atoms with Crippen molar-refractivity contribution in [2.24, 2.45) is 0 Å². The van der Waals surface area contributed by atoms with Crippen molar-refractivity contribution < 1.29 is 9.53 Å². The third kappa shape index (κ3) is 5.13. The summed E-state index contributed by atoms with van der Waals surface area (Å²) in [5.41, 5.74) is 2.34. The molecule has 0 fully saturated rings. The van der Waals surface area contributed by atoms with Crippen LogP contribution in [0.1, 0.15) is 37.8 Å². The molecular formula is C20H25NO2. The predicted molar refractivity (Wildman–Crippen MR) is 93.8 cm³/mol. The lowest BCUT2D eigenvalue weighted by Gasteiger charge is -2.18. The molecule has 2 aromatic rings. The van der Waals surface area contributed by atoms with Gasteiger partial charge in [-0.05, 0) is 36.5 Å². The summed E-state index contributed by atoms with van der Waals surface area (Å²) in [5.74, 6) is 1.06. The largest absolute Gasteiger partial charge is 0.481 e. The van der Waals surface area contributed by atoms with Crippen LogP contribution in [0.15, 0.2) is 54.6 Å². The number of amides is 1. The summed E-state index contributed by atoms with van der Waals surface area (Å²) in [6.07, 6.45) is 0.313. The number of ether oxygens (including phenoxy) is 1. The standard InChI is InChI=1S/C20H25NO2/c1-15(2)18-11-7-8-12-19(18)23-16(3)20(22)21-14-13-17-9-5-4-6-10-17/h4-12,15-16H,13-14H2,1-3H3,(H,21,22)/t16-/m0/s1. The van der Waals surface area contributed by atoms with E-state index in [2.05, 4.69) is 31.3 Å². The number of rotatable bonds is 7. The lowest BCUT2D eigenvalue weighted by Crippen LogP contribution is -2.37. The van der Waals surface area contributed by atoms with Gasteiger partial charge in [-0.1, -0.05) is 62.4 Å². The molecule has 1 atom stereocenters. The maximum Gasteiger partial charge on any atom is 0.260 e. The Morgan fingerprint density at radius 1 is 1.00 bits per heavy atom. The molecule has 122 valence electrons. The summed E-state index contributed by atoms with van der Waals surface area (Å²) >= 11 is 0. The predicted octanol–water partition coefficient (Wildman–Crippen LogP) is 3.94. The van der Waals surface area contributed by atoms with Crippen molar-refractivity contribution in [1.29, 1.82) is 0 Å². The Morgan fingerprint density at radius 2 is 1.65 bits per heavy atom. The summed E-state index contributed by atoms with van der Waals surface area (Å²) < 4.78 is 5.86. The van der Waals surface area contributed by atoms with E-state index in [0.29, 0.717) is 12.5 Å². The van der Waals surface area contributed by atoms with E-state index in [4.69, 9.17) is 4.74 Å². The van der Waals surface area contributed by atoms with Gasteiger partial charge in [0.15, 0.2) is 6.10 Å². The average molecular weight is 311 g/mol. The fourth-order valence-electron chi connectivity index (χ4n) is 2.43. The SMILES string of the molecule is CC(C)c1ccccc1O[C@@H](C)C(=O)NCCc1ccccc1. The molecule has 0 aliphatic heterocycles. The number of carbonyl (C=O) groups is 1. The second kappa shape index (κ2) is 8.37. The highest BCUT2D eigenvalue weighted by molar-refractivity contribution is 5.80. The summed E-state index contributed by atoms with van der Waals surface area (Å²) in [5, 5.41) is 2.94. The third-order valence-corrected chi connectivity index (χ3v) is 3.77. The molecule has 0 saturated carbocycles. The van der Waals surface area contributed by atoms with Gasteiger partial charge in [-0.15, -0.1) is 0 Å². The van der Waals surface area contributed by atoms with Gasteiger partial charge < -0.3 is 10.1 Å². The van der Waals surface area contributed by atoms with Crippen LogP contribution in [0.25, 0.3) is 0 Å². The van der Waals surface area contributed by atoms with E-state index < -0.39 is 6.10 Å². The minimum Gasteiger partial charge on any atom is -0.481 e. The Labute approximate surface area is 138 Å². The highest BCUT2D eigenvalue weighted by Gasteiger charge is 2.16. The Bertz CT molecular complexity index is 623. The maximum absolute atomic E-state index is 12.2. The smallest absolute Gasteiger partial charge is 0.260 e. The van der Waals surface area contributed by atoms with Crippen LogP contribution >= 0.6 is 0 Å². The van der Waals surface area contributed by atoms with Gasteiger partial charge in [-0.2, -0.15) is 0 Å². The number of benzene rings is 2. The Hall–Kier alpha value is -2.29. The van der Waals surface area contributed by atoms with E-state index in [0.717, 1.165) is 17.7 Å². The molecule has 0 aromatic heterocycles. The van der Waals surface area contributed by atoms with Crippen LogP contribution in [0, 0.1) is 0 Å². The number of hydrogen-bond donors (Lipinski definition) is 1. The molecule has 0 aliphatic rings. The molecule has 0 radical (unpaired) electrons. The van der Waals surface area contributed by atoms with Crippen molar-refractivity contribution >= 4 is 5.91 Å². The minimum absolute atomic E-state index is 0.0838. The van der Waals surface area contributed by atoms with Gasteiger partial charge in [0.25, 0.3) is 5.91 Å². The average Bonchev–Trinajstić information content (AvgIpc) is 2.56. The van der Waals surface area contributed by atoms with Gasteiger partial charge in [-0.3, -0.25) is 4.79 Å². The Morgan fingerprint density at radius 3 is 2.35 bits per heavy atom. The van der Waals surface area contributed by atoms with Crippen LogP contribution in [-0.4, -0.2) is 18.6 Å². The first-order valence-electron chi connectivity index (χ1n) is 8.15. The Kier molecular flexibility index (Phi) is 6.21. The molecule has 0 bridgehead atoms. The van der Waals surface area contributed by atoms with Crippen molar-refractivity contribution in [3.05, 3.63) is 65.7 Å². The lowest BCUT2D eigenvalue weighted by molar-refractivity contribution is -0.127. The number of nitrogens with one attached hydrogen (secondary N) is 1.